The number of hydrogen-bond acceptors (Lipinski definition) is 3. The van der Waals surface area contributed by atoms with Gasteiger partial charge in [0.05, 0.1) is 6.61 Å². The first-order chi connectivity index (χ1) is 8.08. The minimum absolute atomic E-state index is 0.0349. The monoisotopic (exact) mass is 256 g/mol. The Morgan fingerprint density at radius 2 is 2.00 bits per heavy atom. The maximum Gasteiger partial charge on any atom is 0.193 e. The van der Waals surface area contributed by atoms with E-state index in [1.807, 2.05) is 0 Å². The zero-order valence-corrected chi connectivity index (χ0v) is 9.84. The van der Waals surface area contributed by atoms with Crippen LogP contribution >= 0.6 is 11.8 Å². The Bertz CT molecular complexity index is 403. The van der Waals surface area contributed by atoms with Crippen LogP contribution in [0, 0.1) is 11.2 Å². The summed E-state index contributed by atoms with van der Waals surface area (Å²) in [5.41, 5.74) is 10.2. The van der Waals surface area contributed by atoms with Gasteiger partial charge in [-0.05, 0) is 24.3 Å². The second-order valence-electron chi connectivity index (χ2n) is 2.99. The Kier molecular flexibility index (Phi) is 5.28. The second kappa shape index (κ2) is 6.74. The molecular weight excluding hydrogens is 243 g/mol. The van der Waals surface area contributed by atoms with Gasteiger partial charge in [-0.15, -0.1) is 0 Å². The lowest BCUT2D eigenvalue weighted by molar-refractivity contribution is 0.343. The van der Waals surface area contributed by atoms with E-state index in [2.05, 4.69) is 4.99 Å². The summed E-state index contributed by atoms with van der Waals surface area (Å²) in [6.07, 6.45) is 0. The van der Waals surface area contributed by atoms with Crippen molar-refractivity contribution in [1.82, 2.24) is 0 Å². The van der Waals surface area contributed by atoms with Crippen LogP contribution < -0.4 is 16.2 Å². The van der Waals surface area contributed by atoms with Gasteiger partial charge in [-0.1, -0.05) is 11.8 Å². The molecular formula is C10H13FN4OS. The Labute approximate surface area is 103 Å². The first kappa shape index (κ1) is 13.3. The minimum atomic E-state index is -0.304. The summed E-state index contributed by atoms with van der Waals surface area (Å²) in [5.74, 6) is 0.677. The number of aliphatic imine (C=N–C) groups is 1. The molecule has 0 amide bonds. The first-order valence-electron chi connectivity index (χ1n) is 4.77. The quantitative estimate of drug-likeness (QED) is 0.427. The van der Waals surface area contributed by atoms with Crippen LogP contribution in [0.3, 0.4) is 0 Å². The molecule has 0 saturated heterocycles. The highest BCUT2D eigenvalue weighted by Crippen LogP contribution is 2.12. The number of amidine groups is 1. The second-order valence-corrected chi connectivity index (χ2v) is 4.08. The van der Waals surface area contributed by atoms with Crippen LogP contribution in [-0.4, -0.2) is 23.5 Å². The summed E-state index contributed by atoms with van der Waals surface area (Å²) < 4.78 is 17.9. The van der Waals surface area contributed by atoms with Gasteiger partial charge in [-0.2, -0.15) is 4.99 Å². The van der Waals surface area contributed by atoms with Crippen LogP contribution in [0.1, 0.15) is 0 Å². The average Bonchev–Trinajstić information content (AvgIpc) is 2.26. The van der Waals surface area contributed by atoms with Crippen LogP contribution in [-0.2, 0) is 0 Å². The largest absolute Gasteiger partial charge is 0.493 e. The molecule has 92 valence electrons. The van der Waals surface area contributed by atoms with Gasteiger partial charge < -0.3 is 16.2 Å². The van der Waals surface area contributed by atoms with Crippen molar-refractivity contribution in [3.05, 3.63) is 30.1 Å². The van der Waals surface area contributed by atoms with Crippen molar-refractivity contribution in [2.45, 2.75) is 0 Å². The molecule has 0 saturated carbocycles. The summed E-state index contributed by atoms with van der Waals surface area (Å²) in [7, 11) is 0. The van der Waals surface area contributed by atoms with Crippen molar-refractivity contribution >= 4 is 22.9 Å². The van der Waals surface area contributed by atoms with Gasteiger partial charge in [0.1, 0.15) is 11.6 Å². The Morgan fingerprint density at radius 3 is 2.59 bits per heavy atom. The number of thioether (sulfide) groups is 1. The third-order valence-electron chi connectivity index (χ3n) is 1.64. The lowest BCUT2D eigenvalue weighted by atomic mass is 10.3. The van der Waals surface area contributed by atoms with E-state index in [-0.39, 0.29) is 16.9 Å². The van der Waals surface area contributed by atoms with E-state index >= 15 is 0 Å². The van der Waals surface area contributed by atoms with Crippen molar-refractivity contribution < 1.29 is 9.13 Å². The topological polar surface area (TPSA) is 97.5 Å². The van der Waals surface area contributed by atoms with Crippen LogP contribution in [0.4, 0.5) is 4.39 Å². The maximum absolute atomic E-state index is 12.6. The molecule has 0 fully saturated rings. The van der Waals surface area contributed by atoms with Gasteiger partial charge >= 0.3 is 0 Å². The predicted octanol–water partition coefficient (Wildman–Crippen LogP) is 1.15. The van der Waals surface area contributed by atoms with Crippen molar-refractivity contribution in [2.24, 2.45) is 16.5 Å². The summed E-state index contributed by atoms with van der Waals surface area (Å²) in [4.78, 5) is 3.55. The van der Waals surface area contributed by atoms with Crippen molar-refractivity contribution in [3.63, 3.8) is 0 Å². The highest BCUT2D eigenvalue weighted by atomic mass is 32.2. The number of halogens is 1. The van der Waals surface area contributed by atoms with Gasteiger partial charge in [0.2, 0.25) is 0 Å². The average molecular weight is 256 g/mol. The van der Waals surface area contributed by atoms with Crippen LogP contribution in [0.15, 0.2) is 29.3 Å². The number of ether oxygens (including phenoxy) is 1. The van der Waals surface area contributed by atoms with Gasteiger partial charge in [-0.3, -0.25) is 5.41 Å². The highest BCUT2D eigenvalue weighted by Gasteiger charge is 1.98. The number of nitrogens with one attached hydrogen (secondary N) is 1. The third-order valence-corrected chi connectivity index (χ3v) is 2.37. The van der Waals surface area contributed by atoms with Crippen LogP contribution in [0.2, 0.25) is 0 Å². The Hall–Kier alpha value is -1.76. The molecule has 0 radical (unpaired) electrons. The number of guanidine groups is 1. The Morgan fingerprint density at radius 1 is 1.35 bits per heavy atom. The van der Waals surface area contributed by atoms with Crippen LogP contribution in [0.5, 0.6) is 5.75 Å². The van der Waals surface area contributed by atoms with Gasteiger partial charge in [0.25, 0.3) is 0 Å². The molecule has 1 aromatic carbocycles. The molecule has 0 bridgehead atoms. The fourth-order valence-corrected chi connectivity index (χ4v) is 1.51. The minimum Gasteiger partial charge on any atom is -0.493 e. The van der Waals surface area contributed by atoms with E-state index in [0.717, 1.165) is 11.8 Å². The molecule has 0 aromatic heterocycles. The number of nitrogens with two attached hydrogens (primary N) is 2. The molecule has 0 aliphatic rings. The molecule has 0 heterocycles. The molecule has 17 heavy (non-hydrogen) atoms. The molecule has 5 nitrogen and oxygen atoms in total. The van der Waals surface area contributed by atoms with E-state index in [1.54, 1.807) is 12.1 Å². The summed E-state index contributed by atoms with van der Waals surface area (Å²) >= 11 is 1.16. The number of rotatable bonds is 4. The van der Waals surface area contributed by atoms with Gasteiger partial charge in [0, 0.05) is 5.75 Å². The third kappa shape index (κ3) is 5.76. The van der Waals surface area contributed by atoms with E-state index < -0.39 is 0 Å². The molecule has 0 spiro atoms. The van der Waals surface area contributed by atoms with E-state index in [4.69, 9.17) is 21.6 Å². The molecule has 1 rings (SSSR count). The lowest BCUT2D eigenvalue weighted by Crippen LogP contribution is -2.23. The molecule has 7 heteroatoms. The molecule has 1 aromatic rings. The standard InChI is InChI=1S/C10H13FN4OS/c11-7-1-3-8(4-2-7)16-5-6-17-10(14)15-9(12)13/h1-4H,5-6H2,(H5,12,13,14,15). The van der Waals surface area contributed by atoms with Gasteiger partial charge in [-0.25, -0.2) is 4.39 Å². The van der Waals surface area contributed by atoms with Crippen molar-refractivity contribution in [2.75, 3.05) is 12.4 Å². The SMILES string of the molecule is N=C(N=C(N)N)SCCOc1ccc(F)cc1. The number of hydrogen-bond donors (Lipinski definition) is 3. The normalized spacial score (nSPS) is 9.71. The van der Waals surface area contributed by atoms with Crippen molar-refractivity contribution in [3.8, 4) is 5.75 Å². The molecule has 0 aliphatic heterocycles. The predicted molar refractivity (Wildman–Crippen MR) is 67.9 cm³/mol. The molecule has 0 unspecified atom stereocenters. The van der Waals surface area contributed by atoms with E-state index in [0.29, 0.717) is 18.1 Å². The van der Waals surface area contributed by atoms with Crippen molar-refractivity contribution in [1.29, 1.82) is 5.41 Å². The molecule has 0 aliphatic carbocycles. The zero-order valence-electron chi connectivity index (χ0n) is 9.02. The Balaban J connectivity index is 2.22. The zero-order chi connectivity index (χ0) is 12.7. The van der Waals surface area contributed by atoms with Crippen LogP contribution in [0.25, 0.3) is 0 Å². The summed E-state index contributed by atoms with van der Waals surface area (Å²) in [6, 6.07) is 5.73. The number of nitrogens with zero attached hydrogens (tertiary/aromatic N) is 1. The fourth-order valence-electron chi connectivity index (χ4n) is 0.978. The summed E-state index contributed by atoms with van der Waals surface area (Å²) in [5, 5.41) is 7.38. The maximum atomic E-state index is 12.6. The highest BCUT2D eigenvalue weighted by molar-refractivity contribution is 8.13. The first-order valence-corrected chi connectivity index (χ1v) is 5.76. The molecule has 5 N–H and O–H groups in total. The lowest BCUT2D eigenvalue weighted by Gasteiger charge is -2.04. The number of benzene rings is 1. The van der Waals surface area contributed by atoms with Gasteiger partial charge in [0.15, 0.2) is 11.1 Å². The summed E-state index contributed by atoms with van der Waals surface area (Å²) in [6.45, 7) is 0.388. The smallest absolute Gasteiger partial charge is 0.193 e. The molecule has 0 atom stereocenters. The van der Waals surface area contributed by atoms with E-state index in [9.17, 15) is 4.39 Å². The van der Waals surface area contributed by atoms with E-state index in [1.165, 1.54) is 12.1 Å². The fraction of sp³-hybridized carbons (Fsp3) is 0.200.